The Morgan fingerprint density at radius 3 is 2.14 bits per heavy atom. The number of hydrogen-bond donors (Lipinski definition) is 1. The van der Waals surface area contributed by atoms with Gasteiger partial charge < -0.3 is 5.73 Å². The monoisotopic (exact) mass is 289 g/mol. The number of rotatable bonds is 6. The highest BCUT2D eigenvalue weighted by Gasteiger charge is 2.21. The third-order valence-electron chi connectivity index (χ3n) is 4.72. The molecule has 1 aliphatic rings. The van der Waals surface area contributed by atoms with Crippen molar-refractivity contribution in [1.29, 1.82) is 0 Å². The van der Waals surface area contributed by atoms with Gasteiger partial charge in [-0.25, -0.2) is 0 Å². The second kappa shape index (κ2) is 7.92. The van der Waals surface area contributed by atoms with Crippen LogP contribution in [0.4, 0.5) is 0 Å². The molecule has 0 amide bonds. The van der Waals surface area contributed by atoms with Crippen molar-refractivity contribution >= 4 is 0 Å². The van der Waals surface area contributed by atoms with Crippen LogP contribution in [0.25, 0.3) is 0 Å². The van der Waals surface area contributed by atoms with Crippen LogP contribution in [-0.4, -0.2) is 48.6 Å². The lowest BCUT2D eigenvalue weighted by Gasteiger charge is -2.38. The minimum Gasteiger partial charge on any atom is -0.329 e. The highest BCUT2D eigenvalue weighted by atomic mass is 15.3. The Morgan fingerprint density at radius 2 is 1.67 bits per heavy atom. The van der Waals surface area contributed by atoms with Crippen LogP contribution < -0.4 is 5.73 Å². The molecule has 3 nitrogen and oxygen atoms in total. The van der Waals surface area contributed by atoms with Gasteiger partial charge in [0.15, 0.2) is 0 Å². The quantitative estimate of drug-likeness (QED) is 0.874. The van der Waals surface area contributed by atoms with Gasteiger partial charge in [-0.2, -0.15) is 0 Å². The molecule has 118 valence electrons. The van der Waals surface area contributed by atoms with E-state index in [1.54, 1.807) is 0 Å². The lowest BCUT2D eigenvalue weighted by atomic mass is 10.0. The Kier molecular flexibility index (Phi) is 6.22. The fourth-order valence-corrected chi connectivity index (χ4v) is 3.13. The zero-order chi connectivity index (χ0) is 15.2. The molecule has 0 aliphatic carbocycles. The van der Waals surface area contributed by atoms with Crippen LogP contribution in [0.15, 0.2) is 24.3 Å². The predicted molar refractivity (Wildman–Crippen MR) is 90.5 cm³/mol. The molecule has 1 aromatic carbocycles. The average Bonchev–Trinajstić information content (AvgIpc) is 2.51. The third kappa shape index (κ3) is 4.53. The van der Waals surface area contributed by atoms with E-state index in [0.29, 0.717) is 12.0 Å². The Balaban J connectivity index is 1.83. The Hall–Kier alpha value is -0.900. The smallest absolute Gasteiger partial charge is 0.0234 e. The summed E-state index contributed by atoms with van der Waals surface area (Å²) in [7, 11) is 0. The fourth-order valence-electron chi connectivity index (χ4n) is 3.13. The molecular weight excluding hydrogens is 258 g/mol. The van der Waals surface area contributed by atoms with Gasteiger partial charge >= 0.3 is 0 Å². The molecule has 1 fully saturated rings. The first-order valence-electron chi connectivity index (χ1n) is 8.39. The first-order chi connectivity index (χ1) is 10.1. The maximum Gasteiger partial charge on any atom is 0.0234 e. The van der Waals surface area contributed by atoms with Crippen LogP contribution in [0.3, 0.4) is 0 Å². The number of benzene rings is 1. The molecule has 0 bridgehead atoms. The summed E-state index contributed by atoms with van der Waals surface area (Å²) in [6.07, 6.45) is 1.16. The summed E-state index contributed by atoms with van der Waals surface area (Å²) in [5, 5.41) is 0. The van der Waals surface area contributed by atoms with Gasteiger partial charge in [-0.05, 0) is 23.5 Å². The Morgan fingerprint density at radius 1 is 1.05 bits per heavy atom. The lowest BCUT2D eigenvalue weighted by molar-refractivity contribution is 0.0926. The summed E-state index contributed by atoms with van der Waals surface area (Å²) in [5.41, 5.74) is 8.71. The van der Waals surface area contributed by atoms with E-state index in [1.165, 1.54) is 11.1 Å². The van der Waals surface area contributed by atoms with Crippen molar-refractivity contribution in [2.45, 2.75) is 45.7 Å². The van der Waals surface area contributed by atoms with Crippen LogP contribution in [0.5, 0.6) is 0 Å². The van der Waals surface area contributed by atoms with Crippen LogP contribution >= 0.6 is 0 Å². The van der Waals surface area contributed by atoms with Crippen LogP contribution in [0.1, 0.15) is 44.2 Å². The summed E-state index contributed by atoms with van der Waals surface area (Å²) in [6.45, 7) is 13.2. The Labute approximate surface area is 130 Å². The number of nitrogens with two attached hydrogens (primary N) is 1. The minimum absolute atomic E-state index is 0.567. The van der Waals surface area contributed by atoms with Crippen LogP contribution in [0.2, 0.25) is 0 Å². The molecule has 1 atom stereocenters. The van der Waals surface area contributed by atoms with Gasteiger partial charge in [0.25, 0.3) is 0 Å². The molecule has 0 spiro atoms. The number of hydrogen-bond acceptors (Lipinski definition) is 3. The summed E-state index contributed by atoms with van der Waals surface area (Å²) in [4.78, 5) is 5.11. The maximum absolute atomic E-state index is 5.86. The number of piperazine rings is 1. The number of nitrogens with zero attached hydrogens (tertiary/aromatic N) is 2. The van der Waals surface area contributed by atoms with E-state index < -0.39 is 0 Å². The second-order valence-corrected chi connectivity index (χ2v) is 6.51. The normalized spacial score (nSPS) is 19.1. The maximum atomic E-state index is 5.86. The van der Waals surface area contributed by atoms with Crippen LogP contribution in [-0.2, 0) is 6.54 Å². The lowest BCUT2D eigenvalue weighted by Crippen LogP contribution is -2.51. The van der Waals surface area contributed by atoms with Gasteiger partial charge in [-0.15, -0.1) is 0 Å². The van der Waals surface area contributed by atoms with Crippen LogP contribution in [0, 0.1) is 0 Å². The zero-order valence-corrected chi connectivity index (χ0v) is 13.9. The Bertz CT molecular complexity index is 401. The molecule has 0 aromatic heterocycles. The predicted octanol–water partition coefficient (Wildman–Crippen LogP) is 2.66. The molecule has 1 aromatic rings. The molecule has 1 aliphatic heterocycles. The summed E-state index contributed by atoms with van der Waals surface area (Å²) >= 11 is 0. The molecule has 0 saturated carbocycles. The van der Waals surface area contributed by atoms with Gasteiger partial charge in [0.05, 0.1) is 0 Å². The van der Waals surface area contributed by atoms with Crippen molar-refractivity contribution in [2.75, 3.05) is 32.7 Å². The molecule has 2 N–H and O–H groups in total. The van der Waals surface area contributed by atoms with E-state index in [9.17, 15) is 0 Å². The second-order valence-electron chi connectivity index (χ2n) is 6.51. The molecular formula is C18H31N3. The SMILES string of the molecule is CCC(CN)N1CCN(Cc2ccc(C(C)C)cc2)CC1. The van der Waals surface area contributed by atoms with E-state index in [1.807, 2.05) is 0 Å². The van der Waals surface area contributed by atoms with Crippen molar-refractivity contribution in [2.24, 2.45) is 5.73 Å². The highest BCUT2D eigenvalue weighted by Crippen LogP contribution is 2.16. The summed E-state index contributed by atoms with van der Waals surface area (Å²) in [6, 6.07) is 9.69. The van der Waals surface area contributed by atoms with E-state index in [2.05, 4.69) is 54.8 Å². The van der Waals surface area contributed by atoms with Crippen molar-refractivity contribution in [3.63, 3.8) is 0 Å². The zero-order valence-electron chi connectivity index (χ0n) is 13.9. The molecule has 1 saturated heterocycles. The molecule has 1 unspecified atom stereocenters. The standard InChI is InChI=1S/C18H31N3/c1-4-18(13-19)21-11-9-20(10-12-21)14-16-5-7-17(8-6-16)15(2)3/h5-8,15,18H,4,9-14,19H2,1-3H3. The molecule has 3 heteroatoms. The van der Waals surface area contributed by atoms with Gasteiger partial charge in [0, 0.05) is 45.3 Å². The van der Waals surface area contributed by atoms with E-state index >= 15 is 0 Å². The van der Waals surface area contributed by atoms with Crippen molar-refractivity contribution in [3.05, 3.63) is 35.4 Å². The van der Waals surface area contributed by atoms with Gasteiger partial charge in [0.1, 0.15) is 0 Å². The highest BCUT2D eigenvalue weighted by molar-refractivity contribution is 5.24. The first-order valence-corrected chi connectivity index (χ1v) is 8.39. The van der Waals surface area contributed by atoms with Gasteiger partial charge in [-0.1, -0.05) is 45.0 Å². The summed E-state index contributed by atoms with van der Waals surface area (Å²) in [5.74, 6) is 0.616. The third-order valence-corrected chi connectivity index (χ3v) is 4.72. The molecule has 2 rings (SSSR count). The van der Waals surface area contributed by atoms with E-state index in [0.717, 1.165) is 45.7 Å². The van der Waals surface area contributed by atoms with Crippen molar-refractivity contribution in [3.8, 4) is 0 Å². The van der Waals surface area contributed by atoms with Gasteiger partial charge in [0.2, 0.25) is 0 Å². The van der Waals surface area contributed by atoms with Crippen molar-refractivity contribution in [1.82, 2.24) is 9.80 Å². The fraction of sp³-hybridized carbons (Fsp3) is 0.667. The van der Waals surface area contributed by atoms with Crippen molar-refractivity contribution < 1.29 is 0 Å². The average molecular weight is 289 g/mol. The van der Waals surface area contributed by atoms with E-state index in [4.69, 9.17) is 5.73 Å². The largest absolute Gasteiger partial charge is 0.329 e. The molecule has 21 heavy (non-hydrogen) atoms. The minimum atomic E-state index is 0.567. The van der Waals surface area contributed by atoms with Gasteiger partial charge in [-0.3, -0.25) is 9.80 Å². The summed E-state index contributed by atoms with van der Waals surface area (Å²) < 4.78 is 0. The molecule has 1 heterocycles. The first kappa shape index (κ1) is 16.5. The van der Waals surface area contributed by atoms with E-state index in [-0.39, 0.29) is 0 Å². The molecule has 0 radical (unpaired) electrons. The topological polar surface area (TPSA) is 32.5 Å².